The van der Waals surface area contributed by atoms with Gasteiger partial charge in [0.2, 0.25) is 0 Å². The summed E-state index contributed by atoms with van der Waals surface area (Å²) in [7, 11) is 0. The number of ether oxygens (including phenoxy) is 1. The summed E-state index contributed by atoms with van der Waals surface area (Å²) in [6.45, 7) is 0.275. The maximum absolute atomic E-state index is 12.2. The molecule has 4 rings (SSSR count). The van der Waals surface area contributed by atoms with Gasteiger partial charge in [0.1, 0.15) is 11.8 Å². The van der Waals surface area contributed by atoms with Crippen molar-refractivity contribution >= 4 is 23.0 Å². The number of carbonyl (C=O) groups excluding carboxylic acids is 1. The number of fused-ring (bicyclic) bond motifs is 1. The van der Waals surface area contributed by atoms with Crippen LogP contribution in [0.4, 0.5) is 5.82 Å². The smallest absolute Gasteiger partial charge is 0.338 e. The molecular weight excluding hydrogens is 334 g/mol. The van der Waals surface area contributed by atoms with Crippen LogP contribution in [-0.4, -0.2) is 43.8 Å². The van der Waals surface area contributed by atoms with Gasteiger partial charge in [-0.2, -0.15) is 0 Å². The predicted octanol–water partition coefficient (Wildman–Crippen LogP) is 1.43. The normalized spacial score (nSPS) is 22.1. The maximum atomic E-state index is 12.2. The lowest BCUT2D eigenvalue weighted by Gasteiger charge is -2.44. The van der Waals surface area contributed by atoms with Crippen molar-refractivity contribution in [3.63, 3.8) is 0 Å². The molecule has 3 aromatic rings. The van der Waals surface area contributed by atoms with E-state index in [0.717, 1.165) is 6.42 Å². The summed E-state index contributed by atoms with van der Waals surface area (Å²) >= 11 is 0. The Morgan fingerprint density at radius 3 is 2.85 bits per heavy atom. The molecule has 8 heteroatoms. The lowest BCUT2D eigenvalue weighted by atomic mass is 9.70. The van der Waals surface area contributed by atoms with Crippen LogP contribution in [0.2, 0.25) is 0 Å². The van der Waals surface area contributed by atoms with E-state index in [9.17, 15) is 9.90 Å². The molecule has 0 radical (unpaired) electrons. The van der Waals surface area contributed by atoms with E-state index in [1.54, 1.807) is 30.6 Å². The summed E-state index contributed by atoms with van der Waals surface area (Å²) in [6.07, 6.45) is 3.85. The van der Waals surface area contributed by atoms with Gasteiger partial charge in [-0.25, -0.2) is 19.7 Å². The van der Waals surface area contributed by atoms with Gasteiger partial charge in [-0.05, 0) is 24.5 Å². The third-order valence-corrected chi connectivity index (χ3v) is 5.04. The quantitative estimate of drug-likeness (QED) is 0.667. The van der Waals surface area contributed by atoms with Crippen LogP contribution in [0.25, 0.3) is 11.2 Å². The average molecular weight is 353 g/mol. The molecule has 1 aromatic carbocycles. The van der Waals surface area contributed by atoms with E-state index in [4.69, 9.17) is 10.5 Å². The van der Waals surface area contributed by atoms with Gasteiger partial charge in [-0.3, -0.25) is 0 Å². The number of nitrogen functional groups attached to an aromatic ring is 1. The van der Waals surface area contributed by atoms with Gasteiger partial charge in [-0.15, -0.1) is 0 Å². The van der Waals surface area contributed by atoms with Crippen molar-refractivity contribution in [2.45, 2.75) is 12.5 Å². The molecule has 2 heterocycles. The van der Waals surface area contributed by atoms with Crippen LogP contribution in [0.1, 0.15) is 22.8 Å². The molecule has 3 N–H and O–H groups in total. The molecule has 0 spiro atoms. The van der Waals surface area contributed by atoms with Crippen molar-refractivity contribution in [1.82, 2.24) is 19.5 Å². The summed E-state index contributed by atoms with van der Waals surface area (Å²) in [5.74, 6) is 0.0234. The molecule has 0 saturated heterocycles. The predicted molar refractivity (Wildman–Crippen MR) is 94.2 cm³/mol. The van der Waals surface area contributed by atoms with Crippen LogP contribution in [-0.2, 0) is 4.74 Å². The van der Waals surface area contributed by atoms with Crippen LogP contribution in [0.15, 0.2) is 43.0 Å². The number of carbonyl (C=O) groups is 1. The average Bonchev–Trinajstić information content (AvgIpc) is 3.07. The Labute approximate surface area is 149 Å². The van der Waals surface area contributed by atoms with E-state index in [-0.39, 0.29) is 37.1 Å². The second-order valence-corrected chi connectivity index (χ2v) is 6.46. The van der Waals surface area contributed by atoms with Gasteiger partial charge in [0.15, 0.2) is 11.5 Å². The van der Waals surface area contributed by atoms with E-state index >= 15 is 0 Å². The van der Waals surface area contributed by atoms with Crippen molar-refractivity contribution in [2.24, 2.45) is 11.8 Å². The Morgan fingerprint density at radius 1 is 1.27 bits per heavy atom. The van der Waals surface area contributed by atoms with E-state index in [2.05, 4.69) is 15.0 Å². The van der Waals surface area contributed by atoms with Crippen LogP contribution in [0, 0.1) is 11.8 Å². The Balaban J connectivity index is 1.52. The fourth-order valence-electron chi connectivity index (χ4n) is 3.50. The molecule has 134 valence electrons. The third kappa shape index (κ3) is 2.78. The molecule has 0 bridgehead atoms. The number of aromatic nitrogens is 4. The minimum absolute atomic E-state index is 0.0127. The first-order valence-corrected chi connectivity index (χ1v) is 8.45. The third-order valence-electron chi connectivity index (χ3n) is 5.04. The zero-order chi connectivity index (χ0) is 18.1. The first-order chi connectivity index (χ1) is 12.7. The van der Waals surface area contributed by atoms with Gasteiger partial charge in [0.25, 0.3) is 0 Å². The van der Waals surface area contributed by atoms with Gasteiger partial charge in [0, 0.05) is 18.6 Å². The number of benzene rings is 1. The SMILES string of the molecule is Nc1ncnc2c1ncn2[C@H]1C[C@@H](CO)[C@@H]1COC(=O)c1ccccc1. The molecule has 0 unspecified atom stereocenters. The number of aliphatic hydroxyl groups excluding tert-OH is 1. The Bertz CT molecular complexity index is 927. The Morgan fingerprint density at radius 2 is 2.08 bits per heavy atom. The van der Waals surface area contributed by atoms with Crippen LogP contribution >= 0.6 is 0 Å². The highest BCUT2D eigenvalue weighted by atomic mass is 16.5. The van der Waals surface area contributed by atoms with Crippen LogP contribution in [0.5, 0.6) is 0 Å². The number of anilines is 1. The van der Waals surface area contributed by atoms with E-state index < -0.39 is 0 Å². The first-order valence-electron chi connectivity index (χ1n) is 8.45. The zero-order valence-corrected chi connectivity index (χ0v) is 14.0. The largest absolute Gasteiger partial charge is 0.462 e. The molecular formula is C18H19N5O3. The van der Waals surface area contributed by atoms with Crippen molar-refractivity contribution in [2.75, 3.05) is 18.9 Å². The molecule has 26 heavy (non-hydrogen) atoms. The topological polar surface area (TPSA) is 116 Å². The zero-order valence-electron chi connectivity index (χ0n) is 14.0. The van der Waals surface area contributed by atoms with E-state index in [0.29, 0.717) is 22.5 Å². The maximum Gasteiger partial charge on any atom is 0.338 e. The molecule has 2 aromatic heterocycles. The summed E-state index contributed by atoms with van der Waals surface area (Å²) in [6, 6.07) is 8.90. The second-order valence-electron chi connectivity index (χ2n) is 6.46. The minimum atomic E-state index is -0.366. The Hall–Kier alpha value is -3.00. The number of esters is 1. The number of hydrogen-bond donors (Lipinski definition) is 2. The van der Waals surface area contributed by atoms with Gasteiger partial charge >= 0.3 is 5.97 Å². The standard InChI is InChI=1S/C18H19N5O3/c19-16-15-17(21-9-20-16)23(10-22-15)14-6-12(7-24)13(14)8-26-18(25)11-4-2-1-3-5-11/h1-5,9-10,12-14,24H,6-8H2,(H2,19,20,21)/t12-,13-,14-/m0/s1. The van der Waals surface area contributed by atoms with Gasteiger partial charge < -0.3 is 20.1 Å². The molecule has 0 amide bonds. The molecule has 8 nitrogen and oxygen atoms in total. The lowest BCUT2D eigenvalue weighted by molar-refractivity contribution is -0.0214. The van der Waals surface area contributed by atoms with Gasteiger partial charge in [0.05, 0.1) is 18.5 Å². The number of imidazole rings is 1. The number of nitrogens with two attached hydrogens (primary N) is 1. The fraction of sp³-hybridized carbons (Fsp3) is 0.333. The number of hydrogen-bond acceptors (Lipinski definition) is 7. The summed E-state index contributed by atoms with van der Waals surface area (Å²) in [5, 5.41) is 9.60. The van der Waals surface area contributed by atoms with Crippen LogP contribution < -0.4 is 5.73 Å². The minimum Gasteiger partial charge on any atom is -0.462 e. The van der Waals surface area contributed by atoms with Crippen LogP contribution in [0.3, 0.4) is 0 Å². The van der Waals surface area contributed by atoms with Crippen molar-refractivity contribution in [3.05, 3.63) is 48.5 Å². The highest BCUT2D eigenvalue weighted by Gasteiger charge is 2.43. The lowest BCUT2D eigenvalue weighted by Crippen LogP contribution is -2.43. The summed E-state index contributed by atoms with van der Waals surface area (Å²) in [4.78, 5) is 24.7. The summed E-state index contributed by atoms with van der Waals surface area (Å²) in [5.41, 5.74) is 7.56. The van der Waals surface area contributed by atoms with Crippen molar-refractivity contribution in [1.29, 1.82) is 0 Å². The monoisotopic (exact) mass is 353 g/mol. The molecule has 3 atom stereocenters. The van der Waals surface area contributed by atoms with Gasteiger partial charge in [-0.1, -0.05) is 18.2 Å². The number of rotatable bonds is 5. The Kier molecular flexibility index (Phi) is 4.26. The fourth-order valence-corrected chi connectivity index (χ4v) is 3.50. The summed E-state index contributed by atoms with van der Waals surface area (Å²) < 4.78 is 7.42. The molecule has 1 aliphatic rings. The highest BCUT2D eigenvalue weighted by Crippen LogP contribution is 2.45. The van der Waals surface area contributed by atoms with Crippen molar-refractivity contribution < 1.29 is 14.6 Å². The molecule has 1 aliphatic carbocycles. The molecule has 1 saturated carbocycles. The highest BCUT2D eigenvalue weighted by molar-refractivity contribution is 5.89. The van der Waals surface area contributed by atoms with Crippen molar-refractivity contribution in [3.8, 4) is 0 Å². The number of nitrogens with zero attached hydrogens (tertiary/aromatic N) is 4. The molecule has 0 aliphatic heterocycles. The van der Waals surface area contributed by atoms with E-state index in [1.165, 1.54) is 6.33 Å². The first kappa shape index (κ1) is 16.5. The number of aliphatic hydroxyl groups is 1. The molecule has 1 fully saturated rings. The van der Waals surface area contributed by atoms with E-state index in [1.807, 2.05) is 10.6 Å². The second kappa shape index (κ2) is 6.72.